The molecule has 0 atom stereocenters. The molecule has 0 bridgehead atoms. The van der Waals surface area contributed by atoms with Crippen LogP contribution in [0.1, 0.15) is 0 Å². The minimum atomic E-state index is -0.166. The summed E-state index contributed by atoms with van der Waals surface area (Å²) in [7, 11) is 0. The average molecular weight is 255 g/mol. The lowest BCUT2D eigenvalue weighted by molar-refractivity contribution is 0.405. The van der Waals surface area contributed by atoms with Gasteiger partial charge in [-0.05, 0) is 23.8 Å². The van der Waals surface area contributed by atoms with Crippen molar-refractivity contribution in [2.75, 3.05) is 0 Å². The standard InChI is InChI=1S/C12H8Cl2O2/c13-9-5-4-7(6-10(9)14)8-2-1-3-11(15)12(8)16/h1-6,15-16H. The summed E-state index contributed by atoms with van der Waals surface area (Å²) in [5.74, 6) is -0.329. The average Bonchev–Trinajstić information content (AvgIpc) is 2.26. The van der Waals surface area contributed by atoms with Crippen LogP contribution in [0.4, 0.5) is 0 Å². The van der Waals surface area contributed by atoms with Crippen LogP contribution in [-0.2, 0) is 0 Å². The van der Waals surface area contributed by atoms with E-state index in [4.69, 9.17) is 23.2 Å². The molecule has 0 saturated heterocycles. The van der Waals surface area contributed by atoms with Gasteiger partial charge in [-0.2, -0.15) is 0 Å². The lowest BCUT2D eigenvalue weighted by atomic mass is 10.0. The van der Waals surface area contributed by atoms with E-state index in [-0.39, 0.29) is 11.5 Å². The van der Waals surface area contributed by atoms with Gasteiger partial charge in [0.1, 0.15) is 0 Å². The van der Waals surface area contributed by atoms with Gasteiger partial charge in [0.25, 0.3) is 0 Å². The van der Waals surface area contributed by atoms with Crippen LogP contribution in [0.25, 0.3) is 11.1 Å². The smallest absolute Gasteiger partial charge is 0.165 e. The Bertz CT molecular complexity index is 539. The second-order valence-corrected chi connectivity index (χ2v) is 4.12. The molecule has 2 aromatic rings. The predicted octanol–water partition coefficient (Wildman–Crippen LogP) is 4.07. The maximum atomic E-state index is 9.69. The number of phenolic OH excluding ortho intramolecular Hbond substituents is 2. The lowest BCUT2D eigenvalue weighted by Gasteiger charge is -2.07. The molecule has 82 valence electrons. The van der Waals surface area contributed by atoms with Gasteiger partial charge in [-0.3, -0.25) is 0 Å². The molecule has 2 aromatic carbocycles. The van der Waals surface area contributed by atoms with Crippen molar-refractivity contribution in [3.05, 3.63) is 46.4 Å². The Morgan fingerprint density at radius 2 is 1.62 bits per heavy atom. The molecule has 0 heterocycles. The summed E-state index contributed by atoms with van der Waals surface area (Å²) >= 11 is 11.7. The summed E-state index contributed by atoms with van der Waals surface area (Å²) in [5, 5.41) is 19.9. The Morgan fingerprint density at radius 3 is 2.31 bits per heavy atom. The number of hydrogen-bond donors (Lipinski definition) is 2. The van der Waals surface area contributed by atoms with E-state index in [2.05, 4.69) is 0 Å². The van der Waals surface area contributed by atoms with Crippen molar-refractivity contribution >= 4 is 23.2 Å². The Labute approximate surface area is 103 Å². The summed E-state index contributed by atoms with van der Waals surface area (Å²) < 4.78 is 0. The molecule has 2 rings (SSSR count). The van der Waals surface area contributed by atoms with Crippen LogP contribution in [-0.4, -0.2) is 10.2 Å². The Hall–Kier alpha value is -1.38. The van der Waals surface area contributed by atoms with Crippen molar-refractivity contribution in [3.8, 4) is 22.6 Å². The van der Waals surface area contributed by atoms with Crippen LogP contribution >= 0.6 is 23.2 Å². The predicted molar refractivity (Wildman–Crippen MR) is 65.2 cm³/mol. The number of phenols is 2. The molecule has 4 heteroatoms. The zero-order chi connectivity index (χ0) is 11.7. The molecule has 2 nitrogen and oxygen atoms in total. The molecule has 0 fully saturated rings. The summed E-state index contributed by atoms with van der Waals surface area (Å²) in [6, 6.07) is 9.75. The summed E-state index contributed by atoms with van der Waals surface area (Å²) in [6.07, 6.45) is 0. The molecule has 0 aliphatic carbocycles. The highest BCUT2D eigenvalue weighted by atomic mass is 35.5. The molecule has 0 aromatic heterocycles. The van der Waals surface area contributed by atoms with Crippen LogP contribution in [0.15, 0.2) is 36.4 Å². The fraction of sp³-hybridized carbons (Fsp3) is 0. The van der Waals surface area contributed by atoms with Gasteiger partial charge in [-0.15, -0.1) is 0 Å². The third kappa shape index (κ3) is 1.94. The number of para-hydroxylation sites is 1. The van der Waals surface area contributed by atoms with E-state index >= 15 is 0 Å². The first kappa shape index (κ1) is 11.1. The first-order valence-electron chi connectivity index (χ1n) is 4.56. The molecule has 0 radical (unpaired) electrons. The highest BCUT2D eigenvalue weighted by Gasteiger charge is 2.09. The third-order valence-electron chi connectivity index (χ3n) is 2.25. The van der Waals surface area contributed by atoms with Crippen molar-refractivity contribution in [1.82, 2.24) is 0 Å². The SMILES string of the molecule is Oc1cccc(-c2ccc(Cl)c(Cl)c2)c1O. The lowest BCUT2D eigenvalue weighted by Crippen LogP contribution is -1.80. The topological polar surface area (TPSA) is 40.5 Å². The summed E-state index contributed by atoms with van der Waals surface area (Å²) in [4.78, 5) is 0. The van der Waals surface area contributed by atoms with Gasteiger partial charge in [-0.1, -0.05) is 41.4 Å². The Balaban J connectivity index is 2.59. The van der Waals surface area contributed by atoms with E-state index < -0.39 is 0 Å². The van der Waals surface area contributed by atoms with E-state index in [0.29, 0.717) is 21.2 Å². The van der Waals surface area contributed by atoms with Gasteiger partial charge in [0, 0.05) is 5.56 Å². The van der Waals surface area contributed by atoms with Crippen LogP contribution in [0.3, 0.4) is 0 Å². The van der Waals surface area contributed by atoms with Crippen LogP contribution in [0, 0.1) is 0 Å². The van der Waals surface area contributed by atoms with Gasteiger partial charge < -0.3 is 10.2 Å². The van der Waals surface area contributed by atoms with Crippen LogP contribution in [0.5, 0.6) is 11.5 Å². The van der Waals surface area contributed by atoms with Gasteiger partial charge in [0.15, 0.2) is 11.5 Å². The summed E-state index contributed by atoms with van der Waals surface area (Å²) in [5.41, 5.74) is 1.21. The second kappa shape index (κ2) is 4.24. The zero-order valence-corrected chi connectivity index (χ0v) is 9.63. The Morgan fingerprint density at radius 1 is 0.875 bits per heavy atom. The maximum absolute atomic E-state index is 9.69. The van der Waals surface area contributed by atoms with Gasteiger partial charge >= 0.3 is 0 Å². The third-order valence-corrected chi connectivity index (χ3v) is 2.98. The molecule has 16 heavy (non-hydrogen) atoms. The fourth-order valence-electron chi connectivity index (χ4n) is 1.43. The maximum Gasteiger partial charge on any atom is 0.165 e. The van der Waals surface area contributed by atoms with E-state index in [0.717, 1.165) is 0 Å². The highest BCUT2D eigenvalue weighted by Crippen LogP contribution is 2.37. The molecular formula is C12H8Cl2O2. The van der Waals surface area contributed by atoms with Crippen molar-refractivity contribution < 1.29 is 10.2 Å². The molecular weight excluding hydrogens is 247 g/mol. The fourth-order valence-corrected chi connectivity index (χ4v) is 1.73. The van der Waals surface area contributed by atoms with E-state index in [1.807, 2.05) is 0 Å². The molecule has 0 aliphatic rings. The normalized spacial score (nSPS) is 10.4. The molecule has 0 saturated carbocycles. The van der Waals surface area contributed by atoms with Gasteiger partial charge in [0.05, 0.1) is 10.0 Å². The van der Waals surface area contributed by atoms with Crippen molar-refractivity contribution in [3.63, 3.8) is 0 Å². The van der Waals surface area contributed by atoms with E-state index in [1.165, 1.54) is 6.07 Å². The van der Waals surface area contributed by atoms with Crippen LogP contribution < -0.4 is 0 Å². The first-order chi connectivity index (χ1) is 7.59. The number of aromatic hydroxyl groups is 2. The number of rotatable bonds is 1. The first-order valence-corrected chi connectivity index (χ1v) is 5.31. The molecule has 0 spiro atoms. The molecule has 0 aliphatic heterocycles. The molecule has 0 amide bonds. The van der Waals surface area contributed by atoms with E-state index in [9.17, 15) is 10.2 Å². The number of benzene rings is 2. The van der Waals surface area contributed by atoms with Crippen molar-refractivity contribution in [2.24, 2.45) is 0 Å². The van der Waals surface area contributed by atoms with E-state index in [1.54, 1.807) is 30.3 Å². The number of halogens is 2. The van der Waals surface area contributed by atoms with Gasteiger partial charge in [0.2, 0.25) is 0 Å². The quantitative estimate of drug-likeness (QED) is 0.754. The largest absolute Gasteiger partial charge is 0.504 e. The number of hydrogen-bond acceptors (Lipinski definition) is 2. The minimum Gasteiger partial charge on any atom is -0.504 e. The monoisotopic (exact) mass is 254 g/mol. The highest BCUT2D eigenvalue weighted by molar-refractivity contribution is 6.42. The zero-order valence-electron chi connectivity index (χ0n) is 8.11. The van der Waals surface area contributed by atoms with Gasteiger partial charge in [-0.25, -0.2) is 0 Å². The Kier molecular flexibility index (Phi) is 2.95. The molecule has 2 N–H and O–H groups in total. The summed E-state index contributed by atoms with van der Waals surface area (Å²) in [6.45, 7) is 0. The second-order valence-electron chi connectivity index (χ2n) is 3.30. The van der Waals surface area contributed by atoms with Crippen LogP contribution in [0.2, 0.25) is 10.0 Å². The van der Waals surface area contributed by atoms with Crippen molar-refractivity contribution in [2.45, 2.75) is 0 Å². The minimum absolute atomic E-state index is 0.163. The van der Waals surface area contributed by atoms with Crippen molar-refractivity contribution in [1.29, 1.82) is 0 Å². The molecule has 0 unspecified atom stereocenters.